The topological polar surface area (TPSA) is 99.7 Å². The number of carbonyl (C=O) groups is 1. The fourth-order valence-corrected chi connectivity index (χ4v) is 4.46. The number of hydrogen-bond donors (Lipinski definition) is 3. The molecule has 1 aromatic carbocycles. The summed E-state index contributed by atoms with van der Waals surface area (Å²) in [4.78, 5) is 16.3. The number of hydrogen-bond acceptors (Lipinski definition) is 4. The average Bonchev–Trinajstić information content (AvgIpc) is 2.94. The zero-order valence-electron chi connectivity index (χ0n) is 15.6. The van der Waals surface area contributed by atoms with Crippen LogP contribution in [-0.4, -0.2) is 57.5 Å². The van der Waals surface area contributed by atoms with Crippen LogP contribution in [0.1, 0.15) is 25.3 Å². The number of nitrogens with zero attached hydrogens (tertiary/aromatic N) is 1. The molecule has 1 aliphatic heterocycles. The number of guanidine groups is 1. The standard InChI is InChI=1S/C18H28N4O3S.HI/c1-2-19-18(20-11-8-15-6-4-3-5-7-15)21-12-9-17(23)22-16-10-13-26(24,25)14-16;/h3-7,16H,2,8-14H2,1H3,(H,22,23)(H2,19,20,21);1H. The maximum atomic E-state index is 11.9. The second-order valence-corrected chi connectivity index (χ2v) is 8.57. The summed E-state index contributed by atoms with van der Waals surface area (Å²) in [5.74, 6) is 0.730. The van der Waals surface area contributed by atoms with Crippen molar-refractivity contribution in [2.45, 2.75) is 32.2 Å². The molecule has 1 heterocycles. The van der Waals surface area contributed by atoms with Gasteiger partial charge >= 0.3 is 0 Å². The number of benzene rings is 1. The van der Waals surface area contributed by atoms with Crippen molar-refractivity contribution in [3.63, 3.8) is 0 Å². The largest absolute Gasteiger partial charge is 0.357 e. The van der Waals surface area contributed by atoms with Crippen molar-refractivity contribution in [1.29, 1.82) is 0 Å². The van der Waals surface area contributed by atoms with Crippen molar-refractivity contribution < 1.29 is 13.2 Å². The lowest BCUT2D eigenvalue weighted by Crippen LogP contribution is -2.39. The average molecular weight is 508 g/mol. The van der Waals surface area contributed by atoms with Gasteiger partial charge in [0.25, 0.3) is 0 Å². The first-order valence-corrected chi connectivity index (χ1v) is 10.9. The van der Waals surface area contributed by atoms with Crippen LogP contribution in [0.4, 0.5) is 0 Å². The molecule has 0 radical (unpaired) electrons. The van der Waals surface area contributed by atoms with Crippen LogP contribution in [0.5, 0.6) is 0 Å². The van der Waals surface area contributed by atoms with Crippen LogP contribution < -0.4 is 16.0 Å². The van der Waals surface area contributed by atoms with E-state index in [0.717, 1.165) is 19.5 Å². The molecule has 0 saturated carbocycles. The fourth-order valence-electron chi connectivity index (χ4n) is 2.79. The first-order valence-electron chi connectivity index (χ1n) is 9.04. The molecule has 3 N–H and O–H groups in total. The summed E-state index contributed by atoms with van der Waals surface area (Å²) in [6, 6.07) is 9.94. The maximum absolute atomic E-state index is 11.9. The summed E-state index contributed by atoms with van der Waals surface area (Å²) < 4.78 is 22.8. The quantitative estimate of drug-likeness (QED) is 0.278. The number of rotatable bonds is 8. The minimum atomic E-state index is -2.98. The van der Waals surface area contributed by atoms with Crippen molar-refractivity contribution >= 4 is 45.7 Å². The molecule has 1 unspecified atom stereocenters. The molecule has 0 bridgehead atoms. The number of nitrogens with one attached hydrogen (secondary N) is 3. The number of amides is 1. The third kappa shape index (κ3) is 9.41. The van der Waals surface area contributed by atoms with E-state index in [-0.39, 0.29) is 53.9 Å². The van der Waals surface area contributed by atoms with Crippen molar-refractivity contribution in [2.75, 3.05) is 31.1 Å². The lowest BCUT2D eigenvalue weighted by atomic mass is 10.1. The zero-order chi connectivity index (χ0) is 18.8. The molecular formula is C18H29IN4O3S. The highest BCUT2D eigenvalue weighted by atomic mass is 127. The highest BCUT2D eigenvalue weighted by Crippen LogP contribution is 2.11. The van der Waals surface area contributed by atoms with Crippen LogP contribution in [0.3, 0.4) is 0 Å². The molecule has 1 amide bonds. The molecule has 0 spiro atoms. The Balaban J connectivity index is 0.00000364. The van der Waals surface area contributed by atoms with E-state index in [1.54, 1.807) is 0 Å². The summed E-state index contributed by atoms with van der Waals surface area (Å²) in [6.07, 6.45) is 1.63. The Bertz CT molecular complexity index is 711. The zero-order valence-corrected chi connectivity index (χ0v) is 18.8. The van der Waals surface area contributed by atoms with Crippen LogP contribution in [0.25, 0.3) is 0 Å². The van der Waals surface area contributed by atoms with Crippen LogP contribution in [0, 0.1) is 0 Å². The fraction of sp³-hybridized carbons (Fsp3) is 0.556. The van der Waals surface area contributed by atoms with Crippen LogP contribution in [0.2, 0.25) is 0 Å². The van der Waals surface area contributed by atoms with Gasteiger partial charge in [-0.15, -0.1) is 24.0 Å². The van der Waals surface area contributed by atoms with Gasteiger partial charge in [0.2, 0.25) is 5.91 Å². The van der Waals surface area contributed by atoms with Gasteiger partial charge in [0, 0.05) is 25.6 Å². The second kappa shape index (κ2) is 12.2. The third-order valence-electron chi connectivity index (χ3n) is 4.10. The summed E-state index contributed by atoms with van der Waals surface area (Å²) in [6.45, 7) is 3.83. The lowest BCUT2D eigenvalue weighted by Gasteiger charge is -2.12. The monoisotopic (exact) mass is 508 g/mol. The highest BCUT2D eigenvalue weighted by molar-refractivity contribution is 14.0. The highest BCUT2D eigenvalue weighted by Gasteiger charge is 2.28. The Kier molecular flexibility index (Phi) is 10.7. The first kappa shape index (κ1) is 23.7. The van der Waals surface area contributed by atoms with Gasteiger partial charge in [-0.1, -0.05) is 30.3 Å². The second-order valence-electron chi connectivity index (χ2n) is 6.34. The molecule has 27 heavy (non-hydrogen) atoms. The van der Waals surface area contributed by atoms with Gasteiger partial charge in [-0.3, -0.25) is 9.79 Å². The third-order valence-corrected chi connectivity index (χ3v) is 5.87. The molecule has 152 valence electrons. The number of aliphatic imine (C=N–C) groups is 1. The molecule has 7 nitrogen and oxygen atoms in total. The van der Waals surface area contributed by atoms with Gasteiger partial charge in [0.1, 0.15) is 0 Å². The maximum Gasteiger partial charge on any atom is 0.222 e. The number of halogens is 1. The van der Waals surface area contributed by atoms with Gasteiger partial charge < -0.3 is 16.0 Å². The predicted octanol–water partition coefficient (Wildman–Crippen LogP) is 1.10. The predicted molar refractivity (Wildman–Crippen MR) is 119 cm³/mol. The van der Waals surface area contributed by atoms with Gasteiger partial charge in [-0.25, -0.2) is 8.42 Å². The van der Waals surface area contributed by atoms with E-state index in [0.29, 0.717) is 18.9 Å². The van der Waals surface area contributed by atoms with Crippen LogP contribution in [-0.2, 0) is 21.1 Å². The van der Waals surface area contributed by atoms with Gasteiger partial charge in [-0.2, -0.15) is 0 Å². The first-order chi connectivity index (χ1) is 12.5. The summed E-state index contributed by atoms with van der Waals surface area (Å²) in [7, 11) is -2.98. The Morgan fingerprint density at radius 3 is 2.59 bits per heavy atom. The lowest BCUT2D eigenvalue weighted by molar-refractivity contribution is -0.121. The Hall–Kier alpha value is -1.36. The summed E-state index contributed by atoms with van der Waals surface area (Å²) in [5.41, 5.74) is 1.25. The van der Waals surface area contributed by atoms with Gasteiger partial charge in [0.05, 0.1) is 18.1 Å². The number of carbonyl (C=O) groups excluding carboxylic acids is 1. The van der Waals surface area contributed by atoms with Crippen LogP contribution >= 0.6 is 24.0 Å². The molecule has 0 aromatic heterocycles. The van der Waals surface area contributed by atoms with Crippen molar-refractivity contribution in [3.8, 4) is 0 Å². The van der Waals surface area contributed by atoms with E-state index < -0.39 is 9.84 Å². The molecule has 0 aliphatic carbocycles. The Morgan fingerprint density at radius 2 is 1.96 bits per heavy atom. The summed E-state index contributed by atoms with van der Waals surface area (Å²) in [5, 5.41) is 9.19. The van der Waals surface area contributed by atoms with E-state index in [4.69, 9.17) is 0 Å². The normalized spacial score (nSPS) is 18.4. The van der Waals surface area contributed by atoms with Gasteiger partial charge in [0.15, 0.2) is 15.8 Å². The van der Waals surface area contributed by atoms with Crippen LogP contribution in [0.15, 0.2) is 35.3 Å². The van der Waals surface area contributed by atoms with E-state index in [1.165, 1.54) is 5.56 Å². The molecular weight excluding hydrogens is 479 g/mol. The van der Waals surface area contributed by atoms with Crippen molar-refractivity contribution in [2.24, 2.45) is 4.99 Å². The Morgan fingerprint density at radius 1 is 1.22 bits per heavy atom. The van der Waals surface area contributed by atoms with E-state index in [9.17, 15) is 13.2 Å². The molecule has 2 rings (SSSR count). The Labute approximate surface area is 178 Å². The molecule has 1 aliphatic rings. The van der Waals surface area contributed by atoms with Crippen molar-refractivity contribution in [3.05, 3.63) is 35.9 Å². The molecule has 1 atom stereocenters. The van der Waals surface area contributed by atoms with E-state index in [2.05, 4.69) is 33.1 Å². The molecule has 9 heteroatoms. The number of sulfone groups is 1. The van der Waals surface area contributed by atoms with E-state index in [1.807, 2.05) is 25.1 Å². The van der Waals surface area contributed by atoms with Gasteiger partial charge in [-0.05, 0) is 25.3 Å². The molecule has 1 fully saturated rings. The van der Waals surface area contributed by atoms with E-state index >= 15 is 0 Å². The SMILES string of the molecule is CCNC(=NCCC(=O)NC1CCS(=O)(=O)C1)NCCc1ccccc1.I. The minimum absolute atomic E-state index is 0. The molecule has 1 saturated heterocycles. The summed E-state index contributed by atoms with van der Waals surface area (Å²) >= 11 is 0. The smallest absolute Gasteiger partial charge is 0.222 e. The minimum Gasteiger partial charge on any atom is -0.357 e. The van der Waals surface area contributed by atoms with Crippen molar-refractivity contribution in [1.82, 2.24) is 16.0 Å². The molecule has 1 aromatic rings.